The van der Waals surface area contributed by atoms with Gasteiger partial charge < -0.3 is 5.32 Å². The predicted octanol–water partition coefficient (Wildman–Crippen LogP) is 2.90. The average molecular weight is 460 g/mol. The van der Waals surface area contributed by atoms with Gasteiger partial charge in [0, 0.05) is 28.9 Å². The largest absolute Gasteiger partial charge is 0.324 e. The number of aryl methyl sites for hydroxylation is 2. The topological polar surface area (TPSA) is 113 Å². The third-order valence-electron chi connectivity index (χ3n) is 8.11. The molecule has 3 amide bonds. The number of fused-ring (bicyclic) bond motifs is 7. The number of nitrogens with zero attached hydrogens (tertiary/aromatic N) is 3. The zero-order chi connectivity index (χ0) is 23.9. The molecule has 0 saturated carbocycles. The molecule has 9 heteroatoms. The molecule has 4 aliphatic rings. The summed E-state index contributed by atoms with van der Waals surface area (Å²) in [4.78, 5) is 55.6. The minimum atomic E-state index is -1.25. The first-order valence-corrected chi connectivity index (χ1v) is 11.6. The number of anilines is 2. The Morgan fingerprint density at radius 2 is 1.94 bits per heavy atom. The maximum Gasteiger partial charge on any atom is 0.274 e. The molecule has 0 aromatic heterocycles. The van der Waals surface area contributed by atoms with Crippen molar-refractivity contribution in [1.29, 1.82) is 0 Å². The van der Waals surface area contributed by atoms with Crippen LogP contribution in [0.5, 0.6) is 0 Å². The number of nitro benzene ring substituents is 1. The highest BCUT2D eigenvalue weighted by Gasteiger charge is 2.74. The van der Waals surface area contributed by atoms with E-state index in [2.05, 4.69) is 10.2 Å². The fourth-order valence-corrected chi connectivity index (χ4v) is 6.66. The quantitative estimate of drug-likeness (QED) is 0.428. The van der Waals surface area contributed by atoms with Crippen molar-refractivity contribution in [2.45, 2.75) is 44.7 Å². The molecule has 4 heterocycles. The Labute approximate surface area is 195 Å². The molecule has 0 bridgehead atoms. The molecule has 9 nitrogen and oxygen atoms in total. The number of rotatable bonds is 3. The van der Waals surface area contributed by atoms with Gasteiger partial charge in [-0.05, 0) is 50.4 Å². The first kappa shape index (κ1) is 21.0. The number of nitrogens with one attached hydrogen (secondary N) is 1. The molecular weight excluding hydrogens is 436 g/mol. The molecule has 3 saturated heterocycles. The third kappa shape index (κ3) is 2.39. The molecule has 0 aliphatic carbocycles. The van der Waals surface area contributed by atoms with E-state index in [1.807, 2.05) is 25.1 Å². The highest BCUT2D eigenvalue weighted by Crippen LogP contribution is 2.60. The van der Waals surface area contributed by atoms with E-state index in [0.29, 0.717) is 17.8 Å². The van der Waals surface area contributed by atoms with E-state index in [1.54, 1.807) is 19.1 Å². The lowest BCUT2D eigenvalue weighted by molar-refractivity contribution is -0.385. The molecular formula is C25H24N4O5. The number of imide groups is 1. The van der Waals surface area contributed by atoms with Crippen molar-refractivity contribution in [3.05, 3.63) is 63.2 Å². The minimum absolute atomic E-state index is 0.149. The summed E-state index contributed by atoms with van der Waals surface area (Å²) in [7, 11) is 0. The van der Waals surface area contributed by atoms with Gasteiger partial charge in [0.25, 0.3) is 5.69 Å². The fraction of sp³-hybridized carbons (Fsp3) is 0.400. The van der Waals surface area contributed by atoms with Crippen LogP contribution in [0.1, 0.15) is 36.5 Å². The maximum absolute atomic E-state index is 14.0. The van der Waals surface area contributed by atoms with Crippen LogP contribution in [0.3, 0.4) is 0 Å². The molecule has 34 heavy (non-hydrogen) atoms. The molecule has 0 radical (unpaired) electrons. The van der Waals surface area contributed by atoms with Crippen LogP contribution in [0.2, 0.25) is 0 Å². The van der Waals surface area contributed by atoms with Crippen molar-refractivity contribution in [3.8, 4) is 0 Å². The van der Waals surface area contributed by atoms with Gasteiger partial charge >= 0.3 is 0 Å². The molecule has 2 aromatic carbocycles. The lowest BCUT2D eigenvalue weighted by atomic mass is 9.75. The first-order chi connectivity index (χ1) is 16.3. The molecule has 0 unspecified atom stereocenters. The van der Waals surface area contributed by atoms with E-state index in [9.17, 15) is 24.5 Å². The number of nitro groups is 1. The van der Waals surface area contributed by atoms with Crippen molar-refractivity contribution < 1.29 is 19.3 Å². The summed E-state index contributed by atoms with van der Waals surface area (Å²) >= 11 is 0. The molecule has 6 rings (SSSR count). The number of hydrogen-bond acceptors (Lipinski definition) is 6. The van der Waals surface area contributed by atoms with E-state index < -0.39 is 28.2 Å². The van der Waals surface area contributed by atoms with Gasteiger partial charge in [-0.3, -0.25) is 29.4 Å². The number of benzene rings is 2. The van der Waals surface area contributed by atoms with E-state index in [1.165, 1.54) is 6.07 Å². The Bertz CT molecular complexity index is 1310. The number of carbonyl (C=O) groups excluding carboxylic acids is 3. The summed E-state index contributed by atoms with van der Waals surface area (Å²) in [6, 6.07) is 9.99. The maximum atomic E-state index is 14.0. The van der Waals surface area contributed by atoms with Crippen molar-refractivity contribution in [1.82, 2.24) is 4.90 Å². The molecule has 2 aromatic rings. The van der Waals surface area contributed by atoms with E-state index in [4.69, 9.17) is 0 Å². The van der Waals surface area contributed by atoms with Gasteiger partial charge in [0.05, 0.1) is 22.4 Å². The van der Waals surface area contributed by atoms with E-state index >= 15 is 0 Å². The third-order valence-corrected chi connectivity index (χ3v) is 8.11. The van der Waals surface area contributed by atoms with Gasteiger partial charge in [0.1, 0.15) is 5.54 Å². The monoisotopic (exact) mass is 460 g/mol. The van der Waals surface area contributed by atoms with Crippen LogP contribution < -0.4 is 10.2 Å². The van der Waals surface area contributed by atoms with Gasteiger partial charge in [-0.25, -0.2) is 4.90 Å². The van der Waals surface area contributed by atoms with Crippen LogP contribution in [0, 0.1) is 28.9 Å². The zero-order valence-corrected chi connectivity index (χ0v) is 18.9. The van der Waals surface area contributed by atoms with Crippen molar-refractivity contribution in [2.24, 2.45) is 11.8 Å². The standard InChI is InChI=1S/C25H24N4O5/c1-3-14-7-9-17-16(11-14)25(24(32)26-17)21-20(18-5-4-10-27(18)25)22(30)28(23(21)31)15-8-6-13(2)19(12-15)29(33)34/h6-9,11-12,18,20-21H,3-5,10H2,1-2H3,(H,26,32)/t18-,20-,21-,25+/m1/s1. The van der Waals surface area contributed by atoms with Crippen LogP contribution in [-0.4, -0.2) is 40.1 Å². The highest BCUT2D eigenvalue weighted by molar-refractivity contribution is 6.26. The van der Waals surface area contributed by atoms with E-state index in [-0.39, 0.29) is 29.2 Å². The zero-order valence-electron chi connectivity index (χ0n) is 18.9. The van der Waals surface area contributed by atoms with Crippen molar-refractivity contribution in [3.63, 3.8) is 0 Å². The van der Waals surface area contributed by atoms with Crippen LogP contribution in [-0.2, 0) is 26.3 Å². The summed E-state index contributed by atoms with van der Waals surface area (Å²) in [5.41, 5.74) is 1.72. The lowest BCUT2D eigenvalue weighted by Gasteiger charge is -2.36. The Hall–Kier alpha value is -3.59. The summed E-state index contributed by atoms with van der Waals surface area (Å²) in [6.07, 6.45) is 2.34. The molecule has 1 spiro atoms. The predicted molar refractivity (Wildman–Crippen MR) is 123 cm³/mol. The number of amides is 3. The second-order valence-electron chi connectivity index (χ2n) is 9.60. The Balaban J connectivity index is 1.53. The first-order valence-electron chi connectivity index (χ1n) is 11.6. The molecule has 4 aliphatic heterocycles. The van der Waals surface area contributed by atoms with Gasteiger partial charge in [-0.1, -0.05) is 25.1 Å². The smallest absolute Gasteiger partial charge is 0.274 e. The molecule has 1 N–H and O–H groups in total. The van der Waals surface area contributed by atoms with Gasteiger partial charge in [0.15, 0.2) is 0 Å². The van der Waals surface area contributed by atoms with Crippen molar-refractivity contribution in [2.75, 3.05) is 16.8 Å². The molecule has 174 valence electrons. The van der Waals surface area contributed by atoms with Gasteiger partial charge in [0.2, 0.25) is 17.7 Å². The Morgan fingerprint density at radius 1 is 1.15 bits per heavy atom. The normalized spacial score (nSPS) is 29.5. The molecule has 4 atom stereocenters. The van der Waals surface area contributed by atoms with Crippen LogP contribution in [0.4, 0.5) is 17.1 Å². The second kappa shape index (κ2) is 6.96. The van der Waals surface area contributed by atoms with Gasteiger partial charge in [-0.15, -0.1) is 0 Å². The van der Waals surface area contributed by atoms with Crippen LogP contribution in [0.15, 0.2) is 36.4 Å². The highest BCUT2D eigenvalue weighted by atomic mass is 16.6. The van der Waals surface area contributed by atoms with Crippen molar-refractivity contribution >= 4 is 34.8 Å². The SMILES string of the molecule is CCc1ccc2c(c1)[C@@]1(C(=O)N2)[C@H]2C(=O)N(c3ccc(C)c([N+](=O)[O-])c3)C(=O)[C@@H]2[C@H]2CCCN21. The van der Waals surface area contributed by atoms with Crippen LogP contribution in [0.25, 0.3) is 0 Å². The minimum Gasteiger partial charge on any atom is -0.324 e. The molecule has 3 fully saturated rings. The average Bonchev–Trinajstić information content (AvgIpc) is 3.52. The second-order valence-corrected chi connectivity index (χ2v) is 9.60. The lowest BCUT2D eigenvalue weighted by Crippen LogP contribution is -2.54. The summed E-state index contributed by atoms with van der Waals surface area (Å²) in [6.45, 7) is 4.28. The van der Waals surface area contributed by atoms with E-state index in [0.717, 1.165) is 35.3 Å². The summed E-state index contributed by atoms with van der Waals surface area (Å²) in [5, 5.41) is 14.5. The summed E-state index contributed by atoms with van der Waals surface area (Å²) in [5.74, 6) is -2.66. The fourth-order valence-electron chi connectivity index (χ4n) is 6.66. The van der Waals surface area contributed by atoms with Crippen LogP contribution >= 0.6 is 0 Å². The Kier molecular flexibility index (Phi) is 4.29. The number of carbonyl (C=O) groups is 3. The summed E-state index contributed by atoms with van der Waals surface area (Å²) < 4.78 is 0. The van der Waals surface area contributed by atoms with Gasteiger partial charge in [-0.2, -0.15) is 0 Å². The number of hydrogen-bond donors (Lipinski definition) is 1. The Morgan fingerprint density at radius 3 is 2.68 bits per heavy atom.